The number of hydrogen-bond acceptors (Lipinski definition) is 6. The molecule has 0 atom stereocenters. The van der Waals surface area contributed by atoms with Gasteiger partial charge in [0.05, 0.1) is 10.9 Å². The van der Waals surface area contributed by atoms with Crippen molar-refractivity contribution >= 4 is 22.9 Å². The molecule has 3 rings (SSSR count). The summed E-state index contributed by atoms with van der Waals surface area (Å²) in [7, 11) is 0. The van der Waals surface area contributed by atoms with Crippen molar-refractivity contribution in [2.45, 2.75) is 36.0 Å². The van der Waals surface area contributed by atoms with Crippen molar-refractivity contribution < 1.29 is 84.9 Å². The highest BCUT2D eigenvalue weighted by Crippen LogP contribution is 2.48. The number of fused-ring (bicyclic) bond motifs is 1. The van der Waals surface area contributed by atoms with Gasteiger partial charge in [-0.2, -0.15) is 61.5 Å². The Balaban J connectivity index is 1.84. The average molecular weight is 646 g/mol. The molecule has 43 heavy (non-hydrogen) atoms. The number of alkyl halides is 14. The van der Waals surface area contributed by atoms with Gasteiger partial charge in [0.2, 0.25) is 0 Å². The molecule has 0 saturated heterocycles. The molecule has 20 heteroatoms. The van der Waals surface area contributed by atoms with E-state index in [-0.39, 0.29) is 11.1 Å². The molecule has 0 spiro atoms. The maximum atomic E-state index is 13.5. The molecule has 2 aromatic carbocycles. The molecule has 3 aromatic rings. The summed E-state index contributed by atoms with van der Waals surface area (Å²) >= 11 is 0. The first-order valence-electron chi connectivity index (χ1n) is 10.6. The van der Waals surface area contributed by atoms with Gasteiger partial charge in [0.1, 0.15) is 23.3 Å². The van der Waals surface area contributed by atoms with Gasteiger partial charge in [0.15, 0.2) is 5.43 Å². The van der Waals surface area contributed by atoms with E-state index in [2.05, 4.69) is 9.47 Å². The zero-order valence-corrected chi connectivity index (χ0v) is 19.9. The number of ether oxygens (including phenoxy) is 2. The summed E-state index contributed by atoms with van der Waals surface area (Å²) in [5, 5.41) is -0.436. The van der Waals surface area contributed by atoms with Crippen molar-refractivity contribution in [3.8, 4) is 22.6 Å². The summed E-state index contributed by atoms with van der Waals surface area (Å²) < 4.78 is 192. The van der Waals surface area contributed by atoms with Crippen LogP contribution in [0, 0.1) is 0 Å². The van der Waals surface area contributed by atoms with E-state index in [1.54, 1.807) is 0 Å². The first-order chi connectivity index (χ1) is 19.4. The largest absolute Gasteiger partial charge is 0.463 e. The van der Waals surface area contributed by atoms with E-state index in [1.165, 1.54) is 0 Å². The van der Waals surface area contributed by atoms with Crippen molar-refractivity contribution in [2.24, 2.45) is 0 Å². The van der Waals surface area contributed by atoms with Crippen LogP contribution in [-0.4, -0.2) is 48.0 Å². The zero-order valence-electron chi connectivity index (χ0n) is 19.9. The second kappa shape index (κ2) is 10.4. The Morgan fingerprint density at radius 2 is 1.02 bits per heavy atom. The van der Waals surface area contributed by atoms with Gasteiger partial charge in [-0.25, -0.2) is 9.59 Å². The van der Waals surface area contributed by atoms with Crippen LogP contribution in [-0.2, 0) is 9.59 Å². The highest BCUT2D eigenvalue weighted by atomic mass is 19.4. The Morgan fingerprint density at radius 3 is 1.47 bits per heavy atom. The van der Waals surface area contributed by atoms with Crippen LogP contribution in [0.15, 0.2) is 57.9 Å². The van der Waals surface area contributed by atoms with E-state index in [0.717, 1.165) is 12.1 Å². The molecule has 0 fully saturated rings. The number of carbonyl (C=O) groups is 2. The van der Waals surface area contributed by atoms with Gasteiger partial charge in [-0.15, -0.1) is 0 Å². The lowest BCUT2D eigenvalue weighted by Crippen LogP contribution is -2.57. The van der Waals surface area contributed by atoms with E-state index in [0.29, 0.717) is 36.6 Å². The van der Waals surface area contributed by atoms with Crippen molar-refractivity contribution in [1.82, 2.24) is 0 Å². The fourth-order valence-corrected chi connectivity index (χ4v) is 3.03. The van der Waals surface area contributed by atoms with E-state index in [9.17, 15) is 75.8 Å². The summed E-state index contributed by atoms with van der Waals surface area (Å²) in [6.07, 6.45) is -13.0. The van der Waals surface area contributed by atoms with E-state index < -0.39 is 75.9 Å². The molecule has 0 saturated carbocycles. The van der Waals surface area contributed by atoms with Crippen LogP contribution in [0.4, 0.5) is 61.5 Å². The lowest BCUT2D eigenvalue weighted by molar-refractivity contribution is -0.346. The molecule has 0 aliphatic rings. The normalized spacial score (nSPS) is 13.6. The predicted molar refractivity (Wildman–Crippen MR) is 111 cm³/mol. The summed E-state index contributed by atoms with van der Waals surface area (Å²) in [6, 6.07) is 4.64. The average Bonchev–Trinajstić information content (AvgIpc) is 2.87. The number of rotatable bonds is 7. The molecule has 0 N–H and O–H groups in total. The van der Waals surface area contributed by atoms with Gasteiger partial charge in [0.25, 0.3) is 0 Å². The summed E-state index contributed by atoms with van der Waals surface area (Å²) in [6.45, 7) is 0. The number of halogens is 14. The predicted octanol–water partition coefficient (Wildman–Crippen LogP) is 6.94. The third kappa shape index (κ3) is 5.68. The fourth-order valence-electron chi connectivity index (χ4n) is 3.03. The van der Waals surface area contributed by atoms with Crippen LogP contribution < -0.4 is 14.9 Å². The van der Waals surface area contributed by atoms with E-state index in [1.807, 2.05) is 0 Å². The minimum atomic E-state index is -6.82. The first kappa shape index (κ1) is 33.1. The molecule has 234 valence electrons. The molecule has 6 nitrogen and oxygen atoms in total. The molecular weight excluding hydrogens is 638 g/mol. The fraction of sp³-hybridized carbons (Fsp3) is 0.261. The third-order valence-corrected chi connectivity index (χ3v) is 5.35. The number of hydrogen-bond donors (Lipinski definition) is 0. The van der Waals surface area contributed by atoms with Crippen LogP contribution in [0.25, 0.3) is 22.1 Å². The zero-order chi connectivity index (χ0) is 33.0. The van der Waals surface area contributed by atoms with Gasteiger partial charge in [-0.3, -0.25) is 4.79 Å². The highest BCUT2D eigenvalue weighted by Gasteiger charge is 2.78. The van der Waals surface area contributed by atoms with Gasteiger partial charge >= 0.3 is 48.0 Å². The van der Waals surface area contributed by atoms with E-state index in [4.69, 9.17) is 4.42 Å². The number of esters is 2. The molecule has 0 unspecified atom stereocenters. The monoisotopic (exact) mass is 646 g/mol. The first-order valence-corrected chi connectivity index (χ1v) is 10.6. The van der Waals surface area contributed by atoms with Crippen LogP contribution >= 0.6 is 0 Å². The van der Waals surface area contributed by atoms with Gasteiger partial charge < -0.3 is 13.9 Å². The Hall–Kier alpha value is -4.39. The van der Waals surface area contributed by atoms with Crippen LogP contribution in [0.5, 0.6) is 11.5 Å². The summed E-state index contributed by atoms with van der Waals surface area (Å²) in [5.74, 6) is -34.8. The van der Waals surface area contributed by atoms with Gasteiger partial charge in [-0.05, 0) is 29.8 Å². The number of carbonyl (C=O) groups excluding carboxylic acids is 2. The van der Waals surface area contributed by atoms with Gasteiger partial charge in [-0.1, -0.05) is 12.1 Å². The van der Waals surface area contributed by atoms with Gasteiger partial charge in [0, 0.05) is 6.07 Å². The van der Waals surface area contributed by atoms with Crippen LogP contribution in [0.1, 0.15) is 0 Å². The third-order valence-electron chi connectivity index (χ3n) is 5.35. The SMILES string of the molecule is O=C(Oc1ccc(-c2coc3cc(OC(=O)C(F)(F)C(F)(F)C(F)(F)F)ccc3c2=O)cc1)C(F)(F)C(F)(F)C(F)(F)F. The lowest BCUT2D eigenvalue weighted by Gasteiger charge is -2.26. The summed E-state index contributed by atoms with van der Waals surface area (Å²) in [5.41, 5.74) is -2.12. The molecule has 0 radical (unpaired) electrons. The van der Waals surface area contributed by atoms with Crippen molar-refractivity contribution in [2.75, 3.05) is 0 Å². The molecule has 1 aromatic heterocycles. The molecule has 0 amide bonds. The number of benzene rings is 2. The Labute approximate surface area is 226 Å². The Morgan fingerprint density at radius 1 is 0.605 bits per heavy atom. The maximum Gasteiger partial charge on any atom is 0.460 e. The topological polar surface area (TPSA) is 82.8 Å². The van der Waals surface area contributed by atoms with Crippen LogP contribution in [0.3, 0.4) is 0 Å². The Kier molecular flexibility index (Phi) is 8.01. The van der Waals surface area contributed by atoms with Crippen LogP contribution in [0.2, 0.25) is 0 Å². The minimum Gasteiger partial charge on any atom is -0.463 e. The molecule has 1 heterocycles. The maximum absolute atomic E-state index is 13.5. The highest BCUT2D eigenvalue weighted by molar-refractivity contribution is 5.86. The van der Waals surface area contributed by atoms with Crippen molar-refractivity contribution in [1.29, 1.82) is 0 Å². The quantitative estimate of drug-likeness (QED) is 0.157. The lowest BCUT2D eigenvalue weighted by atomic mass is 10.1. The Bertz CT molecular complexity index is 1600. The minimum absolute atomic E-state index is 0.174. The smallest absolute Gasteiger partial charge is 0.460 e. The molecular formula is C23H8F14O6. The molecule has 0 aliphatic carbocycles. The van der Waals surface area contributed by atoms with Crippen molar-refractivity contribution in [3.63, 3.8) is 0 Å². The summed E-state index contributed by atoms with van der Waals surface area (Å²) in [4.78, 5) is 35.5. The second-order valence-corrected chi connectivity index (χ2v) is 8.23. The molecule has 0 bridgehead atoms. The van der Waals surface area contributed by atoms with Crippen molar-refractivity contribution in [3.05, 3.63) is 59.0 Å². The standard InChI is InChI=1S/C23H8F14O6/c24-18(25,20(28,29)22(32,33)34)16(39)42-10-3-1-9(2-4-10)13-8-41-14-7-11(5-6-12(14)15(13)38)43-17(40)19(26,27)21(30,31)23(35,36)37/h1-8H. The molecule has 0 aliphatic heterocycles. The van der Waals surface area contributed by atoms with E-state index >= 15 is 0 Å². The second-order valence-electron chi connectivity index (χ2n) is 8.23.